The van der Waals surface area contributed by atoms with Gasteiger partial charge < -0.3 is 9.84 Å². The molecule has 0 aliphatic carbocycles. The second kappa shape index (κ2) is 6.07. The van der Waals surface area contributed by atoms with Crippen LogP contribution in [-0.4, -0.2) is 55.2 Å². The summed E-state index contributed by atoms with van der Waals surface area (Å²) in [4.78, 5) is 13.0. The van der Waals surface area contributed by atoms with Crippen molar-refractivity contribution in [2.45, 2.75) is 12.8 Å². The van der Waals surface area contributed by atoms with Gasteiger partial charge in [-0.15, -0.1) is 0 Å². The zero-order chi connectivity index (χ0) is 9.52. The molecule has 0 aromatic carbocycles. The molecule has 0 spiro atoms. The van der Waals surface area contributed by atoms with E-state index in [-0.39, 0.29) is 12.4 Å². The fraction of sp³-hybridized carbons (Fsp3) is 0.889. The Kier molecular flexibility index (Phi) is 4.97. The van der Waals surface area contributed by atoms with E-state index < -0.39 is 0 Å². The summed E-state index contributed by atoms with van der Waals surface area (Å²) in [5.41, 5.74) is 0. The molecular formula is C9H17NO3. The van der Waals surface area contributed by atoms with E-state index in [2.05, 4.69) is 4.90 Å². The van der Waals surface area contributed by atoms with Gasteiger partial charge in [0.2, 0.25) is 0 Å². The van der Waals surface area contributed by atoms with E-state index in [9.17, 15) is 4.79 Å². The normalized spacial score (nSPS) is 18.8. The molecule has 1 N–H and O–H groups in total. The van der Waals surface area contributed by atoms with Gasteiger partial charge in [-0.2, -0.15) is 0 Å². The number of rotatable bonds is 5. The van der Waals surface area contributed by atoms with Crippen molar-refractivity contribution < 1.29 is 14.6 Å². The zero-order valence-corrected chi connectivity index (χ0v) is 7.87. The average molecular weight is 187 g/mol. The molecule has 1 rings (SSSR count). The Balaban J connectivity index is 2.01. The van der Waals surface area contributed by atoms with Gasteiger partial charge >= 0.3 is 0 Å². The molecule has 1 aliphatic rings. The first-order valence-electron chi connectivity index (χ1n) is 4.75. The molecule has 1 aliphatic heterocycles. The van der Waals surface area contributed by atoms with Crippen LogP contribution in [0.5, 0.6) is 0 Å². The molecule has 0 atom stereocenters. The number of hydrogen-bond donors (Lipinski definition) is 1. The molecule has 0 unspecified atom stereocenters. The lowest BCUT2D eigenvalue weighted by Crippen LogP contribution is -2.37. The minimum atomic E-state index is -0.316. The van der Waals surface area contributed by atoms with E-state index in [4.69, 9.17) is 9.84 Å². The van der Waals surface area contributed by atoms with Crippen LogP contribution in [0.2, 0.25) is 0 Å². The molecular weight excluding hydrogens is 170 g/mol. The van der Waals surface area contributed by atoms with Gasteiger partial charge in [0.25, 0.3) is 0 Å². The number of aliphatic hydroxyl groups is 1. The molecule has 1 fully saturated rings. The molecule has 0 aromatic heterocycles. The standard InChI is InChI=1S/C9H17NO3/c11-8-9(12)2-1-3-10-4-6-13-7-5-10/h11H,1-8H2. The van der Waals surface area contributed by atoms with Gasteiger partial charge in [-0.3, -0.25) is 9.69 Å². The van der Waals surface area contributed by atoms with E-state index in [0.717, 1.165) is 39.3 Å². The molecule has 1 heterocycles. The van der Waals surface area contributed by atoms with Gasteiger partial charge in [0, 0.05) is 19.5 Å². The Bertz CT molecular complexity index is 155. The summed E-state index contributed by atoms with van der Waals surface area (Å²) in [6, 6.07) is 0. The number of hydrogen-bond acceptors (Lipinski definition) is 4. The number of carbonyl (C=O) groups is 1. The maximum absolute atomic E-state index is 10.8. The monoisotopic (exact) mass is 187 g/mol. The van der Waals surface area contributed by atoms with Crippen molar-refractivity contribution >= 4 is 5.78 Å². The number of aliphatic hydroxyl groups excluding tert-OH is 1. The minimum absolute atomic E-state index is 0.0618. The highest BCUT2D eigenvalue weighted by molar-refractivity contribution is 5.79. The Labute approximate surface area is 78.5 Å². The van der Waals surface area contributed by atoms with Crippen LogP contribution in [0.1, 0.15) is 12.8 Å². The Morgan fingerprint density at radius 2 is 2.08 bits per heavy atom. The average Bonchev–Trinajstić information content (AvgIpc) is 2.19. The van der Waals surface area contributed by atoms with E-state index in [0.29, 0.717) is 6.42 Å². The Hall–Kier alpha value is -0.450. The third kappa shape index (κ3) is 4.36. The topological polar surface area (TPSA) is 49.8 Å². The molecule has 0 saturated carbocycles. The first-order valence-corrected chi connectivity index (χ1v) is 4.75. The van der Waals surface area contributed by atoms with Crippen molar-refractivity contribution in [1.29, 1.82) is 0 Å². The van der Waals surface area contributed by atoms with E-state index in [1.165, 1.54) is 0 Å². The number of ether oxygens (including phenoxy) is 1. The quantitative estimate of drug-likeness (QED) is 0.639. The highest BCUT2D eigenvalue weighted by atomic mass is 16.5. The zero-order valence-electron chi connectivity index (χ0n) is 7.87. The maximum Gasteiger partial charge on any atom is 0.158 e. The third-order valence-electron chi connectivity index (χ3n) is 2.21. The summed E-state index contributed by atoms with van der Waals surface area (Å²) in [5.74, 6) is -0.0618. The van der Waals surface area contributed by atoms with Gasteiger partial charge in [0.05, 0.1) is 13.2 Å². The molecule has 4 nitrogen and oxygen atoms in total. The highest BCUT2D eigenvalue weighted by Crippen LogP contribution is 2.00. The van der Waals surface area contributed by atoms with Crippen LogP contribution in [0.25, 0.3) is 0 Å². The van der Waals surface area contributed by atoms with Gasteiger partial charge in [0.15, 0.2) is 5.78 Å². The lowest BCUT2D eigenvalue weighted by Gasteiger charge is -2.26. The lowest BCUT2D eigenvalue weighted by atomic mass is 10.2. The van der Waals surface area contributed by atoms with Crippen LogP contribution >= 0.6 is 0 Å². The van der Waals surface area contributed by atoms with Gasteiger partial charge in [0.1, 0.15) is 6.61 Å². The largest absolute Gasteiger partial charge is 0.389 e. The third-order valence-corrected chi connectivity index (χ3v) is 2.21. The van der Waals surface area contributed by atoms with Crippen molar-refractivity contribution in [3.05, 3.63) is 0 Å². The molecule has 13 heavy (non-hydrogen) atoms. The Morgan fingerprint density at radius 3 is 2.69 bits per heavy atom. The van der Waals surface area contributed by atoms with Crippen LogP contribution < -0.4 is 0 Å². The first kappa shape index (κ1) is 10.6. The molecule has 76 valence electrons. The lowest BCUT2D eigenvalue weighted by molar-refractivity contribution is -0.121. The minimum Gasteiger partial charge on any atom is -0.389 e. The van der Waals surface area contributed by atoms with E-state index >= 15 is 0 Å². The smallest absolute Gasteiger partial charge is 0.158 e. The molecule has 4 heteroatoms. The van der Waals surface area contributed by atoms with Crippen LogP contribution in [0.15, 0.2) is 0 Å². The van der Waals surface area contributed by atoms with E-state index in [1.807, 2.05) is 0 Å². The van der Waals surface area contributed by atoms with Gasteiger partial charge in [-0.1, -0.05) is 0 Å². The predicted molar refractivity (Wildman–Crippen MR) is 48.6 cm³/mol. The fourth-order valence-corrected chi connectivity index (χ4v) is 1.40. The highest BCUT2D eigenvalue weighted by Gasteiger charge is 2.09. The van der Waals surface area contributed by atoms with Crippen LogP contribution in [0, 0.1) is 0 Å². The number of Topliss-reactive ketones (excluding diaryl/α,β-unsaturated/α-hetero) is 1. The molecule has 0 aromatic rings. The molecule has 0 amide bonds. The van der Waals surface area contributed by atoms with Crippen molar-refractivity contribution in [2.75, 3.05) is 39.5 Å². The summed E-state index contributed by atoms with van der Waals surface area (Å²) >= 11 is 0. The summed E-state index contributed by atoms with van der Waals surface area (Å²) in [6.45, 7) is 4.15. The molecule has 1 saturated heterocycles. The van der Waals surface area contributed by atoms with Crippen molar-refractivity contribution in [3.8, 4) is 0 Å². The van der Waals surface area contributed by atoms with Gasteiger partial charge in [-0.25, -0.2) is 0 Å². The number of nitrogens with zero attached hydrogens (tertiary/aromatic N) is 1. The second-order valence-corrected chi connectivity index (χ2v) is 3.25. The summed E-state index contributed by atoms with van der Waals surface area (Å²) in [5, 5.41) is 8.49. The van der Waals surface area contributed by atoms with Crippen LogP contribution in [0.4, 0.5) is 0 Å². The van der Waals surface area contributed by atoms with E-state index in [1.54, 1.807) is 0 Å². The number of morpholine rings is 1. The first-order chi connectivity index (χ1) is 6.33. The van der Waals surface area contributed by atoms with Crippen LogP contribution in [-0.2, 0) is 9.53 Å². The number of ketones is 1. The van der Waals surface area contributed by atoms with Gasteiger partial charge in [-0.05, 0) is 13.0 Å². The second-order valence-electron chi connectivity index (χ2n) is 3.25. The van der Waals surface area contributed by atoms with Crippen molar-refractivity contribution in [3.63, 3.8) is 0 Å². The SMILES string of the molecule is O=C(CO)CCCN1CCOCC1. The van der Waals surface area contributed by atoms with Crippen LogP contribution in [0.3, 0.4) is 0 Å². The number of carbonyl (C=O) groups excluding carboxylic acids is 1. The maximum atomic E-state index is 10.8. The molecule has 0 radical (unpaired) electrons. The fourth-order valence-electron chi connectivity index (χ4n) is 1.40. The summed E-state index contributed by atoms with van der Waals surface area (Å²) in [7, 11) is 0. The molecule has 0 bridgehead atoms. The summed E-state index contributed by atoms with van der Waals surface area (Å²) < 4.78 is 5.20. The Morgan fingerprint density at radius 1 is 1.38 bits per heavy atom. The van der Waals surface area contributed by atoms with Crippen molar-refractivity contribution in [2.24, 2.45) is 0 Å². The van der Waals surface area contributed by atoms with Crippen molar-refractivity contribution in [1.82, 2.24) is 4.90 Å². The summed E-state index contributed by atoms with van der Waals surface area (Å²) in [6.07, 6.45) is 1.34. The predicted octanol–water partition coefficient (Wildman–Crippen LogP) is -0.340.